The third-order valence-corrected chi connectivity index (χ3v) is 13.8. The molecular formula is C49H51F2N9O6. The summed E-state index contributed by atoms with van der Waals surface area (Å²) in [5.74, 6) is -4.23. The van der Waals surface area contributed by atoms with E-state index in [1.807, 2.05) is 43.0 Å². The molecule has 17 heteroatoms. The van der Waals surface area contributed by atoms with E-state index in [2.05, 4.69) is 38.2 Å². The summed E-state index contributed by atoms with van der Waals surface area (Å²) in [6.45, 7) is 12.0. The minimum absolute atomic E-state index is 0.0218. The standard InChI is InChI=1S/C49H51F2N9O6/c1-24(2)39(57-46(63)65-6)44(61)59-22-30(20-52)26(5)41(59)43-53-21-37(56-43)29-9-12-32-31-11-8-27(16-33(31)49(50,51)34(32)17-29)28-10-13-35-36(18-28)55-42(54-35)38-19-48(14-15-48)23-60(38)45(62)40(25(3)4)58-47(64)66-7/h8-13,16-18,21,24-25,30,38-41H,5,14-15,19,22-23H2,1-4,6-7H3,(H,53,56)(H,54,55)(H,57,63)(H,58,64). The van der Waals surface area contributed by atoms with Gasteiger partial charge in [0.1, 0.15) is 29.8 Å². The number of carbonyl (C=O) groups excluding carboxylic acids is 4. The first-order valence-corrected chi connectivity index (χ1v) is 22.1. The van der Waals surface area contributed by atoms with Crippen molar-refractivity contribution in [3.05, 3.63) is 95.7 Å². The molecule has 2 aromatic heterocycles. The molecule has 0 bridgehead atoms. The molecule has 4 amide bonds. The number of halogens is 2. The second kappa shape index (κ2) is 16.4. The van der Waals surface area contributed by atoms with Crippen LogP contribution in [0.25, 0.3) is 44.5 Å². The predicted molar refractivity (Wildman–Crippen MR) is 239 cm³/mol. The highest BCUT2D eigenvalue weighted by molar-refractivity contribution is 5.89. The minimum atomic E-state index is -3.35. The third-order valence-electron chi connectivity index (χ3n) is 13.8. The number of aromatic nitrogens is 4. The van der Waals surface area contributed by atoms with Crippen molar-refractivity contribution in [2.75, 3.05) is 27.3 Å². The zero-order valence-electron chi connectivity index (χ0n) is 37.5. The van der Waals surface area contributed by atoms with E-state index in [1.165, 1.54) is 37.4 Å². The normalized spacial score (nSPS) is 20.9. The number of likely N-dealkylation sites (tertiary alicyclic amines) is 2. The van der Waals surface area contributed by atoms with Crippen LogP contribution in [0.2, 0.25) is 0 Å². The summed E-state index contributed by atoms with van der Waals surface area (Å²) >= 11 is 0. The SMILES string of the molecule is C=C1C(C#N)CN(C(=O)C(NC(=O)OC)C(C)C)C1c1ncc(-c2ccc3c(c2)C(F)(F)c2cc(-c4ccc5nc(C6CC7(CC7)CN6C(=O)C(NC(=O)OC)C(C)C)[nH]c5c4)ccc2-3)[nH]1. The quantitative estimate of drug-likeness (QED) is 0.100. The van der Waals surface area contributed by atoms with E-state index in [4.69, 9.17) is 14.5 Å². The average Bonchev–Trinajstić information content (AvgIpc) is 3.75. The van der Waals surface area contributed by atoms with Gasteiger partial charge in [-0.15, -0.1) is 0 Å². The molecule has 342 valence electrons. The molecule has 5 atom stereocenters. The average molecular weight is 900 g/mol. The maximum atomic E-state index is 16.7. The molecule has 5 unspecified atom stereocenters. The topological polar surface area (TPSA) is 198 Å². The number of alkyl carbamates (subject to hydrolysis) is 2. The molecule has 15 nitrogen and oxygen atoms in total. The number of ether oxygens (including phenoxy) is 2. The Hall–Kier alpha value is -7.09. The van der Waals surface area contributed by atoms with Gasteiger partial charge in [-0.2, -0.15) is 14.0 Å². The minimum Gasteiger partial charge on any atom is -0.453 e. The number of nitriles is 1. The number of hydrogen-bond acceptors (Lipinski definition) is 9. The van der Waals surface area contributed by atoms with Gasteiger partial charge in [-0.3, -0.25) is 9.59 Å². The maximum absolute atomic E-state index is 16.7. The molecule has 0 radical (unpaired) electrons. The first-order valence-electron chi connectivity index (χ1n) is 22.1. The van der Waals surface area contributed by atoms with Crippen LogP contribution in [0.5, 0.6) is 0 Å². The summed E-state index contributed by atoms with van der Waals surface area (Å²) in [7, 11) is 2.47. The number of nitrogens with zero attached hydrogens (tertiary/aromatic N) is 5. The molecule has 9 rings (SSSR count). The first kappa shape index (κ1) is 44.1. The number of fused-ring (bicyclic) bond motifs is 4. The lowest BCUT2D eigenvalue weighted by molar-refractivity contribution is -0.136. The molecule has 2 aliphatic carbocycles. The van der Waals surface area contributed by atoms with Gasteiger partial charge in [0.15, 0.2) is 0 Å². The summed E-state index contributed by atoms with van der Waals surface area (Å²) in [5, 5.41) is 15.2. The number of alkyl halides is 2. The number of carbonyl (C=O) groups is 4. The number of aromatic amines is 2. The molecule has 66 heavy (non-hydrogen) atoms. The molecule has 4 heterocycles. The van der Waals surface area contributed by atoms with E-state index in [0.717, 1.165) is 19.3 Å². The van der Waals surface area contributed by atoms with Gasteiger partial charge in [0.25, 0.3) is 5.92 Å². The van der Waals surface area contributed by atoms with E-state index in [1.54, 1.807) is 32.0 Å². The fourth-order valence-electron chi connectivity index (χ4n) is 9.86. The number of methoxy groups -OCH3 is 2. The van der Waals surface area contributed by atoms with Gasteiger partial charge in [-0.1, -0.05) is 64.6 Å². The van der Waals surface area contributed by atoms with Crippen molar-refractivity contribution in [1.29, 1.82) is 5.26 Å². The molecule has 3 aromatic carbocycles. The highest BCUT2D eigenvalue weighted by Gasteiger charge is 2.55. The van der Waals surface area contributed by atoms with Gasteiger partial charge in [0.2, 0.25) is 11.8 Å². The largest absolute Gasteiger partial charge is 0.453 e. The fourth-order valence-corrected chi connectivity index (χ4v) is 9.86. The zero-order valence-corrected chi connectivity index (χ0v) is 37.5. The highest BCUT2D eigenvalue weighted by Crippen LogP contribution is 2.59. The van der Waals surface area contributed by atoms with Crippen molar-refractivity contribution in [3.63, 3.8) is 0 Å². The number of amides is 4. The molecular weight excluding hydrogens is 849 g/mol. The second-order valence-electron chi connectivity index (χ2n) is 18.7. The van der Waals surface area contributed by atoms with Crippen LogP contribution in [0.4, 0.5) is 18.4 Å². The summed E-state index contributed by atoms with van der Waals surface area (Å²) in [4.78, 5) is 71.6. The molecule has 4 N–H and O–H groups in total. The molecule has 4 aliphatic rings. The lowest BCUT2D eigenvalue weighted by Crippen LogP contribution is -2.51. The molecule has 2 aliphatic heterocycles. The van der Waals surface area contributed by atoms with E-state index in [-0.39, 0.29) is 46.9 Å². The summed E-state index contributed by atoms with van der Waals surface area (Å²) in [5.41, 5.74) is 4.54. The Kier molecular flexibility index (Phi) is 11.0. The summed E-state index contributed by atoms with van der Waals surface area (Å²) < 4.78 is 42.9. The Morgan fingerprint density at radius 3 is 2.00 bits per heavy atom. The van der Waals surface area contributed by atoms with Gasteiger partial charge in [0.05, 0.1) is 55.2 Å². The fraction of sp³-hybridized carbons (Fsp3) is 0.408. The van der Waals surface area contributed by atoms with Crippen molar-refractivity contribution >= 4 is 35.0 Å². The van der Waals surface area contributed by atoms with Gasteiger partial charge < -0.3 is 39.9 Å². The van der Waals surface area contributed by atoms with Crippen LogP contribution in [0.3, 0.4) is 0 Å². The van der Waals surface area contributed by atoms with Crippen LogP contribution < -0.4 is 10.6 Å². The zero-order chi connectivity index (χ0) is 47.0. The predicted octanol–water partition coefficient (Wildman–Crippen LogP) is 8.13. The second-order valence-corrected chi connectivity index (χ2v) is 18.7. The number of nitrogens with one attached hydrogen (secondary N) is 4. The van der Waals surface area contributed by atoms with Crippen molar-refractivity contribution in [3.8, 4) is 39.6 Å². The number of imidazole rings is 2. The molecule has 2 saturated heterocycles. The maximum Gasteiger partial charge on any atom is 0.407 e. The van der Waals surface area contributed by atoms with Crippen molar-refractivity contribution < 1.29 is 37.4 Å². The van der Waals surface area contributed by atoms with E-state index in [9.17, 15) is 24.4 Å². The molecule has 5 aromatic rings. The Balaban J connectivity index is 0.967. The Morgan fingerprint density at radius 1 is 0.833 bits per heavy atom. The monoisotopic (exact) mass is 899 g/mol. The Labute approximate surface area is 379 Å². The lowest BCUT2D eigenvalue weighted by Gasteiger charge is -2.30. The van der Waals surface area contributed by atoms with Crippen molar-refractivity contribution in [2.24, 2.45) is 23.2 Å². The Bertz CT molecular complexity index is 2860. The highest BCUT2D eigenvalue weighted by atomic mass is 19.3. The number of H-pyrrole nitrogens is 2. The molecule has 1 saturated carbocycles. The number of hydrogen-bond donors (Lipinski definition) is 4. The van der Waals surface area contributed by atoms with E-state index < -0.39 is 48.1 Å². The molecule has 1 spiro atoms. The van der Waals surface area contributed by atoms with Crippen LogP contribution >= 0.6 is 0 Å². The van der Waals surface area contributed by atoms with E-state index in [0.29, 0.717) is 68.3 Å². The summed E-state index contributed by atoms with van der Waals surface area (Å²) in [6.07, 6.45) is 2.83. The lowest BCUT2D eigenvalue weighted by atomic mass is 9.98. The van der Waals surface area contributed by atoms with E-state index >= 15 is 8.78 Å². The van der Waals surface area contributed by atoms with Crippen LogP contribution in [0, 0.1) is 34.5 Å². The van der Waals surface area contributed by atoms with Crippen LogP contribution in [-0.2, 0) is 25.0 Å². The van der Waals surface area contributed by atoms with Gasteiger partial charge in [0, 0.05) is 29.8 Å². The smallest absolute Gasteiger partial charge is 0.407 e. The Morgan fingerprint density at radius 2 is 1.41 bits per heavy atom. The van der Waals surface area contributed by atoms with Gasteiger partial charge in [-0.05, 0) is 88.6 Å². The van der Waals surface area contributed by atoms with Crippen LogP contribution in [0.15, 0.2) is 72.9 Å². The van der Waals surface area contributed by atoms with Crippen LogP contribution in [-0.4, -0.2) is 93.1 Å². The summed E-state index contributed by atoms with van der Waals surface area (Å²) in [6, 6.07) is 14.8. The van der Waals surface area contributed by atoms with Crippen LogP contribution in [0.1, 0.15) is 81.8 Å². The number of benzene rings is 3. The van der Waals surface area contributed by atoms with Gasteiger partial charge >= 0.3 is 12.2 Å². The third kappa shape index (κ3) is 7.51. The van der Waals surface area contributed by atoms with Crippen molar-refractivity contribution in [2.45, 2.75) is 77.0 Å². The molecule has 3 fully saturated rings. The number of rotatable bonds is 10. The van der Waals surface area contributed by atoms with Crippen molar-refractivity contribution in [1.82, 2.24) is 40.4 Å². The first-order chi connectivity index (χ1) is 31.5. The van der Waals surface area contributed by atoms with Gasteiger partial charge in [-0.25, -0.2) is 19.6 Å².